The Bertz CT molecular complexity index is 1460. The van der Waals surface area contributed by atoms with Crippen molar-refractivity contribution in [1.29, 1.82) is 0 Å². The number of para-hydroxylation sites is 1. The maximum absolute atomic E-state index is 12.8. The van der Waals surface area contributed by atoms with Crippen LogP contribution in [0.15, 0.2) is 84.2 Å². The fraction of sp³-hybridized carbons (Fsp3) is 0.324. The van der Waals surface area contributed by atoms with Crippen molar-refractivity contribution in [2.75, 3.05) is 23.3 Å². The summed E-state index contributed by atoms with van der Waals surface area (Å²) in [4.78, 5) is 32.6. The molecule has 0 bridgehead atoms. The van der Waals surface area contributed by atoms with Gasteiger partial charge < -0.3 is 20.2 Å². The van der Waals surface area contributed by atoms with Gasteiger partial charge in [-0.1, -0.05) is 89.2 Å². The van der Waals surface area contributed by atoms with Crippen molar-refractivity contribution in [3.8, 4) is 11.3 Å². The Balaban J connectivity index is 1.44. The molecule has 0 spiro atoms. The zero-order valence-electron chi connectivity index (χ0n) is 25.0. The molecule has 0 radical (unpaired) electrons. The summed E-state index contributed by atoms with van der Waals surface area (Å²) in [5, 5.41) is 14.7. The van der Waals surface area contributed by atoms with Crippen LogP contribution in [0.4, 0.5) is 16.2 Å². The van der Waals surface area contributed by atoms with Crippen molar-refractivity contribution in [1.82, 2.24) is 9.88 Å². The van der Waals surface area contributed by atoms with Gasteiger partial charge in [-0.3, -0.25) is 4.79 Å². The molecule has 220 valence electrons. The Morgan fingerprint density at radius 3 is 2.19 bits per heavy atom. The quantitative estimate of drug-likeness (QED) is 0.187. The molecule has 1 heterocycles. The Morgan fingerprint density at radius 2 is 1.60 bits per heavy atom. The first-order valence-electron chi connectivity index (χ1n) is 14.2. The second kappa shape index (κ2) is 13.7. The number of carbonyl (C=O) groups is 2. The fourth-order valence-corrected chi connectivity index (χ4v) is 5.46. The van der Waals surface area contributed by atoms with Crippen LogP contribution in [-0.4, -0.2) is 40.1 Å². The number of urea groups is 1. The topological polar surface area (TPSA) is 85.8 Å². The smallest absolute Gasteiger partial charge is 0.323 e. The van der Waals surface area contributed by atoms with Crippen molar-refractivity contribution in [3.05, 3.63) is 100 Å². The normalized spacial score (nSPS) is 11.4. The highest BCUT2D eigenvalue weighted by Gasteiger charge is 2.20. The van der Waals surface area contributed by atoms with E-state index in [0.717, 1.165) is 24.3 Å². The third-order valence-corrected chi connectivity index (χ3v) is 7.66. The lowest BCUT2D eigenvalue weighted by atomic mass is 9.87. The summed E-state index contributed by atoms with van der Waals surface area (Å²) in [6.45, 7) is 12.6. The van der Waals surface area contributed by atoms with Gasteiger partial charge in [0.1, 0.15) is 11.6 Å². The Morgan fingerprint density at radius 1 is 0.929 bits per heavy atom. The summed E-state index contributed by atoms with van der Waals surface area (Å²) >= 11 is 1.41. The van der Waals surface area contributed by atoms with E-state index < -0.39 is 18.5 Å². The number of rotatable bonds is 11. The molecular formula is C34H40N4O3S. The van der Waals surface area contributed by atoms with Crippen LogP contribution in [0.1, 0.15) is 50.8 Å². The van der Waals surface area contributed by atoms with Gasteiger partial charge in [0.05, 0.1) is 12.2 Å². The third kappa shape index (κ3) is 8.66. The van der Waals surface area contributed by atoms with Crippen molar-refractivity contribution < 1.29 is 14.7 Å². The number of nitrogens with zero attached hydrogens (tertiary/aromatic N) is 3. The summed E-state index contributed by atoms with van der Waals surface area (Å²) in [7, 11) is 0. The molecule has 2 N–H and O–H groups in total. The molecule has 7 nitrogen and oxygen atoms in total. The minimum absolute atomic E-state index is 0.103. The summed E-state index contributed by atoms with van der Waals surface area (Å²) in [5.74, 6) is -0.558. The number of hydrogen-bond acceptors (Lipinski definition) is 5. The van der Waals surface area contributed by atoms with Crippen molar-refractivity contribution >= 4 is 34.7 Å². The molecule has 2 amide bonds. The molecule has 0 aliphatic heterocycles. The molecule has 1 aromatic heterocycles. The second-order valence-electron chi connectivity index (χ2n) is 11.9. The number of thiazole rings is 1. The Kier molecular flexibility index (Phi) is 10.0. The summed E-state index contributed by atoms with van der Waals surface area (Å²) in [6, 6.07) is 25.8. The number of carbonyl (C=O) groups excluding carboxylic acids is 1. The number of carboxylic acid groups (broad SMARTS) is 1. The number of amides is 2. The van der Waals surface area contributed by atoms with Gasteiger partial charge in [-0.25, -0.2) is 9.78 Å². The second-order valence-corrected chi connectivity index (χ2v) is 12.9. The largest absolute Gasteiger partial charge is 0.480 e. The highest BCUT2D eigenvalue weighted by Crippen LogP contribution is 2.28. The fourth-order valence-electron chi connectivity index (χ4n) is 4.64. The Labute approximate surface area is 252 Å². The van der Waals surface area contributed by atoms with E-state index >= 15 is 0 Å². The van der Waals surface area contributed by atoms with Crippen LogP contribution in [0.2, 0.25) is 0 Å². The molecule has 42 heavy (non-hydrogen) atoms. The standard InChI is InChI=1S/C34H40N4O3S/c1-24(2)19-37(29-17-15-27(16-18-29)34(3,4)5)20-25-11-13-26(14-12-25)30-23-42-31(36-30)21-38(22-32(39)40)33(41)35-28-9-7-6-8-10-28/h6-18,23-24H,19-22H2,1-5H3,(H,35,41)(H,39,40). The average molecular weight is 585 g/mol. The van der Waals surface area contributed by atoms with Gasteiger partial charge in [-0.15, -0.1) is 11.3 Å². The summed E-state index contributed by atoms with van der Waals surface area (Å²) in [6.07, 6.45) is 0. The number of aliphatic carboxylic acids is 1. The number of hydrogen-bond donors (Lipinski definition) is 2. The predicted octanol–water partition coefficient (Wildman–Crippen LogP) is 7.89. The molecule has 0 aliphatic rings. The van der Waals surface area contributed by atoms with Crippen LogP contribution in [0.5, 0.6) is 0 Å². The first-order valence-corrected chi connectivity index (χ1v) is 15.1. The maximum Gasteiger partial charge on any atom is 0.323 e. The zero-order chi connectivity index (χ0) is 30.3. The van der Waals surface area contributed by atoms with Gasteiger partial charge in [0, 0.05) is 35.4 Å². The predicted molar refractivity (Wildman–Crippen MR) is 172 cm³/mol. The van der Waals surface area contributed by atoms with E-state index in [-0.39, 0.29) is 12.0 Å². The first kappa shape index (κ1) is 30.8. The van der Waals surface area contributed by atoms with Gasteiger partial charge in [-0.2, -0.15) is 0 Å². The van der Waals surface area contributed by atoms with Crippen molar-refractivity contribution in [3.63, 3.8) is 0 Å². The van der Waals surface area contributed by atoms with Gasteiger partial charge in [0.2, 0.25) is 0 Å². The van der Waals surface area contributed by atoms with Crippen LogP contribution in [0.25, 0.3) is 11.3 Å². The van der Waals surface area contributed by atoms with Gasteiger partial charge in [-0.05, 0) is 46.7 Å². The maximum atomic E-state index is 12.8. The number of anilines is 2. The van der Waals surface area contributed by atoms with E-state index in [1.54, 1.807) is 12.1 Å². The van der Waals surface area contributed by atoms with Crippen LogP contribution in [0.3, 0.4) is 0 Å². The average Bonchev–Trinajstić information content (AvgIpc) is 3.41. The monoisotopic (exact) mass is 584 g/mol. The lowest BCUT2D eigenvalue weighted by Crippen LogP contribution is -2.38. The van der Waals surface area contributed by atoms with Crippen molar-refractivity contribution in [2.24, 2.45) is 5.92 Å². The van der Waals surface area contributed by atoms with Gasteiger partial charge in [0.25, 0.3) is 0 Å². The van der Waals surface area contributed by atoms with E-state index in [0.29, 0.717) is 16.6 Å². The molecule has 4 rings (SSSR count). The molecule has 0 fully saturated rings. The minimum Gasteiger partial charge on any atom is -0.480 e. The first-order chi connectivity index (χ1) is 20.0. The van der Waals surface area contributed by atoms with Crippen LogP contribution in [-0.2, 0) is 23.3 Å². The highest BCUT2D eigenvalue weighted by molar-refractivity contribution is 7.09. The molecule has 0 saturated heterocycles. The van der Waals surface area contributed by atoms with E-state index in [9.17, 15) is 14.7 Å². The molecular weight excluding hydrogens is 544 g/mol. The van der Waals surface area contributed by atoms with Crippen LogP contribution < -0.4 is 10.2 Å². The highest BCUT2D eigenvalue weighted by atomic mass is 32.1. The lowest BCUT2D eigenvalue weighted by molar-refractivity contribution is -0.137. The number of nitrogens with one attached hydrogen (secondary N) is 1. The van der Waals surface area contributed by atoms with E-state index in [1.807, 2.05) is 23.6 Å². The van der Waals surface area contributed by atoms with E-state index in [4.69, 9.17) is 4.98 Å². The van der Waals surface area contributed by atoms with Gasteiger partial charge >= 0.3 is 12.0 Å². The molecule has 8 heteroatoms. The molecule has 0 aliphatic carbocycles. The van der Waals surface area contributed by atoms with E-state index in [1.165, 1.54) is 33.1 Å². The third-order valence-electron chi connectivity index (χ3n) is 6.82. The van der Waals surface area contributed by atoms with Gasteiger partial charge in [0.15, 0.2) is 0 Å². The number of carboxylic acids is 1. The number of benzene rings is 3. The molecule has 0 atom stereocenters. The minimum atomic E-state index is -1.08. The van der Waals surface area contributed by atoms with Crippen molar-refractivity contribution in [2.45, 2.75) is 53.1 Å². The SMILES string of the molecule is CC(C)CN(Cc1ccc(-c2csc(CN(CC(=O)O)C(=O)Nc3ccccc3)n2)cc1)c1ccc(C(C)(C)C)cc1. The number of aromatic nitrogens is 1. The van der Waals surface area contributed by atoms with Crippen LogP contribution >= 0.6 is 11.3 Å². The lowest BCUT2D eigenvalue weighted by Gasteiger charge is -2.28. The molecule has 3 aromatic carbocycles. The molecule has 4 aromatic rings. The zero-order valence-corrected chi connectivity index (χ0v) is 25.8. The molecule has 0 unspecified atom stereocenters. The Hall–Kier alpha value is -4.17. The summed E-state index contributed by atoms with van der Waals surface area (Å²) < 4.78 is 0. The van der Waals surface area contributed by atoms with E-state index in [2.05, 4.69) is 93.4 Å². The van der Waals surface area contributed by atoms with Crippen LogP contribution in [0, 0.1) is 5.92 Å². The summed E-state index contributed by atoms with van der Waals surface area (Å²) in [5.41, 5.74) is 6.25. The molecule has 0 saturated carbocycles.